The zero-order chi connectivity index (χ0) is 21.9. The molecular formula is C12H16F9O5S-. The first-order chi connectivity index (χ1) is 11.8. The zero-order valence-electron chi connectivity index (χ0n) is 13.8. The van der Waals surface area contributed by atoms with Gasteiger partial charge in [0, 0.05) is 12.8 Å². The third-order valence-corrected chi connectivity index (χ3v) is 4.16. The lowest BCUT2D eigenvalue weighted by Gasteiger charge is -2.32. The van der Waals surface area contributed by atoms with E-state index in [4.69, 9.17) is 0 Å². The third-order valence-electron chi connectivity index (χ3n) is 3.29. The average molecular weight is 443 g/mol. The molecule has 2 atom stereocenters. The van der Waals surface area contributed by atoms with Gasteiger partial charge in [-0.25, -0.2) is 17.2 Å². The smallest absolute Gasteiger partial charge is 0.434 e. The first-order valence-corrected chi connectivity index (χ1v) is 8.66. The van der Waals surface area contributed by atoms with Crippen LogP contribution in [0.5, 0.6) is 0 Å². The van der Waals surface area contributed by atoms with Gasteiger partial charge in [0.2, 0.25) is 5.92 Å². The van der Waals surface area contributed by atoms with E-state index in [-0.39, 0.29) is 6.42 Å². The summed E-state index contributed by atoms with van der Waals surface area (Å²) in [5.74, 6) is -3.34. The first-order valence-electron chi connectivity index (χ1n) is 7.25. The molecule has 0 aliphatic carbocycles. The van der Waals surface area contributed by atoms with Crippen LogP contribution >= 0.6 is 0 Å². The third kappa shape index (κ3) is 7.27. The normalized spacial score (nSPS) is 17.0. The van der Waals surface area contributed by atoms with Gasteiger partial charge >= 0.3 is 17.5 Å². The minimum Gasteiger partial charge on any atom is -0.743 e. The summed E-state index contributed by atoms with van der Waals surface area (Å²) in [4.78, 5) is 0. The Morgan fingerprint density at radius 2 is 1.44 bits per heavy atom. The van der Waals surface area contributed by atoms with E-state index in [1.54, 1.807) is 0 Å². The Morgan fingerprint density at radius 1 is 0.963 bits per heavy atom. The topological polar surface area (TPSA) is 75.7 Å². The van der Waals surface area contributed by atoms with Gasteiger partial charge in [0.25, 0.3) is 0 Å². The van der Waals surface area contributed by atoms with Gasteiger partial charge in [-0.15, -0.1) is 0 Å². The summed E-state index contributed by atoms with van der Waals surface area (Å²) < 4.78 is 155. The molecule has 0 radical (unpaired) electrons. The molecule has 0 bridgehead atoms. The van der Waals surface area contributed by atoms with E-state index in [2.05, 4.69) is 9.47 Å². The van der Waals surface area contributed by atoms with Crippen LogP contribution in [0.1, 0.15) is 33.1 Å². The van der Waals surface area contributed by atoms with Crippen molar-refractivity contribution in [3.05, 3.63) is 0 Å². The summed E-state index contributed by atoms with van der Waals surface area (Å²) in [5, 5.41) is -6.51. The molecule has 0 aliphatic heterocycles. The van der Waals surface area contributed by atoms with E-state index in [9.17, 15) is 52.5 Å². The highest BCUT2D eigenvalue weighted by atomic mass is 32.2. The van der Waals surface area contributed by atoms with E-state index in [0.717, 1.165) is 6.92 Å². The van der Waals surface area contributed by atoms with Crippen LogP contribution < -0.4 is 0 Å². The number of halogens is 9. The van der Waals surface area contributed by atoms with Gasteiger partial charge in [0.1, 0.15) is 0 Å². The van der Waals surface area contributed by atoms with Crippen LogP contribution in [0.2, 0.25) is 0 Å². The summed E-state index contributed by atoms with van der Waals surface area (Å²) in [7, 11) is -7.08. The van der Waals surface area contributed by atoms with Crippen LogP contribution in [0.4, 0.5) is 39.5 Å². The molecular weight excluding hydrogens is 427 g/mol. The number of hydrogen-bond donors (Lipinski definition) is 0. The van der Waals surface area contributed by atoms with Gasteiger partial charge < -0.3 is 9.29 Å². The predicted molar refractivity (Wildman–Crippen MR) is 70.4 cm³/mol. The molecule has 0 aromatic heterocycles. The molecule has 27 heavy (non-hydrogen) atoms. The van der Waals surface area contributed by atoms with E-state index in [0.29, 0.717) is 0 Å². The Hall–Kier alpha value is -0.800. The fraction of sp³-hybridized carbons (Fsp3) is 1.00. The Kier molecular flexibility index (Phi) is 8.44. The van der Waals surface area contributed by atoms with Gasteiger partial charge in [-0.2, -0.15) is 30.7 Å². The van der Waals surface area contributed by atoms with Crippen LogP contribution in [0, 0.1) is 0 Å². The standard InChI is InChI=1S/C12H17F9O5S/c1-3-7(5-9(13,14)4-2)25-6-8(10(15,16)17)26-11(18,19)12(20,21)27(22,23)24/h7-8H,3-6H2,1-2H3,(H,22,23,24)/p-1. The maximum atomic E-state index is 13.3. The fourth-order valence-electron chi connectivity index (χ4n) is 1.61. The van der Waals surface area contributed by atoms with Crippen molar-refractivity contribution in [3.63, 3.8) is 0 Å². The van der Waals surface area contributed by atoms with Gasteiger partial charge in [-0.3, -0.25) is 4.74 Å². The van der Waals surface area contributed by atoms with Crippen molar-refractivity contribution < 1.29 is 62.0 Å². The Labute approximate surface area is 148 Å². The van der Waals surface area contributed by atoms with Crippen molar-refractivity contribution in [3.8, 4) is 0 Å². The molecule has 164 valence electrons. The van der Waals surface area contributed by atoms with Crippen LogP contribution in [0.3, 0.4) is 0 Å². The summed E-state index contributed by atoms with van der Waals surface area (Å²) in [6.45, 7) is 0.388. The van der Waals surface area contributed by atoms with E-state index in [1.165, 1.54) is 6.92 Å². The fourth-order valence-corrected chi connectivity index (χ4v) is 1.95. The van der Waals surface area contributed by atoms with Gasteiger partial charge in [0.15, 0.2) is 16.2 Å². The number of rotatable bonds is 11. The van der Waals surface area contributed by atoms with Crippen LogP contribution in [-0.4, -0.2) is 55.2 Å². The molecule has 0 fully saturated rings. The number of alkyl halides is 9. The second-order valence-corrected chi connectivity index (χ2v) is 6.83. The van der Waals surface area contributed by atoms with Crippen molar-refractivity contribution in [2.75, 3.05) is 6.61 Å². The van der Waals surface area contributed by atoms with Crippen molar-refractivity contribution >= 4 is 10.1 Å². The molecule has 0 rings (SSSR count). The maximum Gasteiger partial charge on any atom is 0.434 e. The molecule has 0 N–H and O–H groups in total. The lowest BCUT2D eigenvalue weighted by atomic mass is 10.1. The SMILES string of the molecule is CCC(CC(F)(F)CC)OCC(OC(F)(F)C(F)(F)S(=O)(=O)[O-])C(F)(F)F. The summed E-state index contributed by atoms with van der Waals surface area (Å²) >= 11 is 0. The number of ether oxygens (including phenoxy) is 2. The lowest BCUT2D eigenvalue weighted by molar-refractivity contribution is -0.376. The Morgan fingerprint density at radius 3 is 1.78 bits per heavy atom. The second-order valence-electron chi connectivity index (χ2n) is 5.41. The maximum absolute atomic E-state index is 13.3. The largest absolute Gasteiger partial charge is 0.743 e. The van der Waals surface area contributed by atoms with Gasteiger partial charge in [-0.1, -0.05) is 13.8 Å². The lowest BCUT2D eigenvalue weighted by Crippen LogP contribution is -2.53. The van der Waals surface area contributed by atoms with Crippen LogP contribution in [0.15, 0.2) is 0 Å². The van der Waals surface area contributed by atoms with Gasteiger partial charge in [-0.05, 0) is 6.42 Å². The summed E-state index contributed by atoms with van der Waals surface area (Å²) in [6.07, 6.45) is -19.6. The zero-order valence-corrected chi connectivity index (χ0v) is 14.7. The molecule has 0 aromatic carbocycles. The van der Waals surface area contributed by atoms with Crippen LogP contribution in [0.25, 0.3) is 0 Å². The highest BCUT2D eigenvalue weighted by Gasteiger charge is 2.66. The highest BCUT2D eigenvalue weighted by molar-refractivity contribution is 7.86. The molecule has 0 aliphatic rings. The Bertz CT molecular complexity index is 576. The molecule has 15 heteroatoms. The summed E-state index contributed by atoms with van der Waals surface area (Å²) in [6, 6.07) is 0. The quantitative estimate of drug-likeness (QED) is 0.358. The molecule has 0 spiro atoms. The van der Waals surface area contributed by atoms with Gasteiger partial charge in [0.05, 0.1) is 12.7 Å². The van der Waals surface area contributed by atoms with Crippen LogP contribution in [-0.2, 0) is 19.6 Å². The second kappa shape index (κ2) is 8.69. The van der Waals surface area contributed by atoms with E-state index < -0.39 is 65.2 Å². The predicted octanol–water partition coefficient (Wildman–Crippen LogP) is 3.90. The minimum atomic E-state index is -7.08. The minimum absolute atomic E-state index is 0.276. The molecule has 0 heterocycles. The van der Waals surface area contributed by atoms with Crippen molar-refractivity contribution in [1.29, 1.82) is 0 Å². The van der Waals surface area contributed by atoms with E-state index in [1.807, 2.05) is 0 Å². The van der Waals surface area contributed by atoms with Crippen molar-refractivity contribution in [2.24, 2.45) is 0 Å². The van der Waals surface area contributed by atoms with Crippen molar-refractivity contribution in [1.82, 2.24) is 0 Å². The molecule has 5 nitrogen and oxygen atoms in total. The highest BCUT2D eigenvalue weighted by Crippen LogP contribution is 2.42. The molecule has 0 saturated heterocycles. The molecule has 2 unspecified atom stereocenters. The molecule has 0 aromatic rings. The molecule has 0 amide bonds. The molecule has 0 saturated carbocycles. The van der Waals surface area contributed by atoms with Crippen molar-refractivity contribution in [2.45, 2.75) is 68.8 Å². The van der Waals surface area contributed by atoms with E-state index >= 15 is 0 Å². The Balaban J connectivity index is 5.38. The first kappa shape index (κ1) is 26.2. The number of hydrogen-bond acceptors (Lipinski definition) is 5. The average Bonchev–Trinajstić information content (AvgIpc) is 2.47. The monoisotopic (exact) mass is 443 g/mol. The summed E-state index contributed by atoms with van der Waals surface area (Å²) in [5.41, 5.74) is 0.